The van der Waals surface area contributed by atoms with Crippen LogP contribution in [-0.4, -0.2) is 29.8 Å². The molecule has 2 aliphatic rings. The van der Waals surface area contributed by atoms with Crippen LogP contribution in [-0.2, 0) is 4.79 Å². The molecule has 0 spiro atoms. The molecule has 2 heteroatoms. The summed E-state index contributed by atoms with van der Waals surface area (Å²) in [6.07, 6.45) is 6.51. The molecule has 3 unspecified atom stereocenters. The second-order valence-electron chi connectivity index (χ2n) is 4.64. The van der Waals surface area contributed by atoms with Crippen molar-refractivity contribution in [2.45, 2.75) is 65.0 Å². The van der Waals surface area contributed by atoms with E-state index in [0.29, 0.717) is 11.8 Å². The van der Waals surface area contributed by atoms with Crippen molar-refractivity contribution in [3.63, 3.8) is 0 Å². The first-order valence-electron chi connectivity index (χ1n) is 6.42. The average Bonchev–Trinajstić information content (AvgIpc) is 2.60. The third kappa shape index (κ3) is 2.60. The van der Waals surface area contributed by atoms with Gasteiger partial charge in [0.1, 0.15) is 5.78 Å². The highest BCUT2D eigenvalue weighted by atomic mass is 16.1. The Hall–Kier alpha value is -0.370. The first kappa shape index (κ1) is 12.7. The summed E-state index contributed by atoms with van der Waals surface area (Å²) in [5.41, 5.74) is 0. The van der Waals surface area contributed by atoms with E-state index in [1.807, 2.05) is 13.8 Å². The SMILES string of the molecule is CC.CC(=O)C1CC2CCCCC2N1C. The molecule has 88 valence electrons. The number of hydrogen-bond donors (Lipinski definition) is 0. The van der Waals surface area contributed by atoms with Crippen LogP contribution in [0.5, 0.6) is 0 Å². The Bertz CT molecular complexity index is 215. The molecule has 0 N–H and O–H groups in total. The number of likely N-dealkylation sites (N-methyl/N-ethyl adjacent to an activating group) is 1. The van der Waals surface area contributed by atoms with E-state index in [-0.39, 0.29) is 6.04 Å². The molecule has 2 rings (SSSR count). The predicted molar refractivity (Wildman–Crippen MR) is 63.9 cm³/mol. The molecule has 0 amide bonds. The fraction of sp³-hybridized carbons (Fsp3) is 0.923. The first-order valence-corrected chi connectivity index (χ1v) is 6.42. The van der Waals surface area contributed by atoms with Crippen molar-refractivity contribution in [1.82, 2.24) is 4.90 Å². The highest BCUT2D eigenvalue weighted by Gasteiger charge is 2.41. The Labute approximate surface area is 94.0 Å². The van der Waals surface area contributed by atoms with E-state index >= 15 is 0 Å². The molecule has 0 radical (unpaired) electrons. The Morgan fingerprint density at radius 2 is 1.80 bits per heavy atom. The van der Waals surface area contributed by atoms with E-state index in [1.54, 1.807) is 6.92 Å². The molecule has 1 saturated carbocycles. The number of ketones is 1. The Kier molecular flexibility index (Phi) is 4.78. The Morgan fingerprint density at radius 1 is 1.20 bits per heavy atom. The van der Waals surface area contributed by atoms with Crippen molar-refractivity contribution in [3.05, 3.63) is 0 Å². The summed E-state index contributed by atoms with van der Waals surface area (Å²) in [4.78, 5) is 13.7. The van der Waals surface area contributed by atoms with E-state index < -0.39 is 0 Å². The molecular weight excluding hydrogens is 186 g/mol. The van der Waals surface area contributed by atoms with Crippen molar-refractivity contribution >= 4 is 5.78 Å². The lowest BCUT2D eigenvalue weighted by molar-refractivity contribution is -0.121. The van der Waals surface area contributed by atoms with Gasteiger partial charge < -0.3 is 0 Å². The van der Waals surface area contributed by atoms with Gasteiger partial charge in [-0.1, -0.05) is 26.7 Å². The lowest BCUT2D eigenvalue weighted by Crippen LogP contribution is -2.38. The van der Waals surface area contributed by atoms with E-state index in [9.17, 15) is 4.79 Å². The van der Waals surface area contributed by atoms with E-state index in [2.05, 4.69) is 11.9 Å². The lowest BCUT2D eigenvalue weighted by Gasteiger charge is -2.30. The van der Waals surface area contributed by atoms with Crippen molar-refractivity contribution in [1.29, 1.82) is 0 Å². The molecule has 0 aromatic heterocycles. The van der Waals surface area contributed by atoms with Crippen LogP contribution in [0.4, 0.5) is 0 Å². The summed E-state index contributed by atoms with van der Waals surface area (Å²) in [7, 11) is 2.13. The number of Topliss-reactive ketones (excluding diaryl/α,β-unsaturated/α-hetero) is 1. The van der Waals surface area contributed by atoms with Gasteiger partial charge >= 0.3 is 0 Å². The molecule has 0 aromatic carbocycles. The van der Waals surface area contributed by atoms with Crippen LogP contribution >= 0.6 is 0 Å². The maximum atomic E-state index is 11.4. The number of likely N-dealkylation sites (tertiary alicyclic amines) is 1. The molecule has 2 fully saturated rings. The Morgan fingerprint density at radius 3 is 2.33 bits per heavy atom. The molecule has 1 heterocycles. The summed E-state index contributed by atoms with van der Waals surface area (Å²) in [5, 5.41) is 0. The maximum Gasteiger partial charge on any atom is 0.146 e. The van der Waals surface area contributed by atoms with Gasteiger partial charge in [-0.2, -0.15) is 0 Å². The van der Waals surface area contributed by atoms with Gasteiger partial charge in [-0.25, -0.2) is 0 Å². The maximum absolute atomic E-state index is 11.4. The molecule has 3 atom stereocenters. The predicted octanol–water partition coefficient (Wildman–Crippen LogP) is 2.86. The van der Waals surface area contributed by atoms with E-state index in [1.165, 1.54) is 25.7 Å². The molecule has 0 aromatic rings. The largest absolute Gasteiger partial charge is 0.298 e. The molecule has 1 saturated heterocycles. The standard InChI is InChI=1S/C11H19NO.C2H6/c1-8(13)11-7-9-5-3-4-6-10(9)12(11)2;1-2/h9-11H,3-7H2,1-2H3;1-2H3. The second kappa shape index (κ2) is 5.64. The van der Waals surface area contributed by atoms with Crippen molar-refractivity contribution in [2.24, 2.45) is 5.92 Å². The molecule has 2 nitrogen and oxygen atoms in total. The minimum atomic E-state index is 0.230. The van der Waals surface area contributed by atoms with Crippen molar-refractivity contribution in [3.8, 4) is 0 Å². The number of carbonyl (C=O) groups excluding carboxylic acids is 1. The van der Waals surface area contributed by atoms with Crippen molar-refractivity contribution < 1.29 is 4.79 Å². The third-order valence-electron chi connectivity index (χ3n) is 3.88. The molecule has 1 aliphatic heterocycles. The van der Waals surface area contributed by atoms with Crippen LogP contribution < -0.4 is 0 Å². The van der Waals surface area contributed by atoms with Gasteiger partial charge in [0.2, 0.25) is 0 Å². The molecule has 0 bridgehead atoms. The smallest absolute Gasteiger partial charge is 0.146 e. The van der Waals surface area contributed by atoms with Gasteiger partial charge in [-0.05, 0) is 39.2 Å². The number of nitrogens with zero attached hydrogens (tertiary/aromatic N) is 1. The zero-order valence-electron chi connectivity index (χ0n) is 10.6. The van der Waals surface area contributed by atoms with Crippen LogP contribution in [0.15, 0.2) is 0 Å². The van der Waals surface area contributed by atoms with Gasteiger partial charge in [0, 0.05) is 6.04 Å². The second-order valence-corrected chi connectivity index (χ2v) is 4.64. The fourth-order valence-corrected chi connectivity index (χ4v) is 3.14. The van der Waals surface area contributed by atoms with E-state index in [4.69, 9.17) is 0 Å². The van der Waals surface area contributed by atoms with Crippen LogP contribution in [0.1, 0.15) is 52.9 Å². The zero-order chi connectivity index (χ0) is 11.4. The quantitative estimate of drug-likeness (QED) is 0.664. The van der Waals surface area contributed by atoms with Gasteiger partial charge in [0.15, 0.2) is 0 Å². The molecule has 1 aliphatic carbocycles. The molecular formula is C13H25NO. The third-order valence-corrected chi connectivity index (χ3v) is 3.88. The monoisotopic (exact) mass is 211 g/mol. The van der Waals surface area contributed by atoms with Gasteiger partial charge in [0.05, 0.1) is 6.04 Å². The minimum absolute atomic E-state index is 0.230. The van der Waals surface area contributed by atoms with Crippen molar-refractivity contribution in [2.75, 3.05) is 7.05 Å². The highest BCUT2D eigenvalue weighted by molar-refractivity contribution is 5.81. The van der Waals surface area contributed by atoms with Gasteiger partial charge in [-0.3, -0.25) is 9.69 Å². The number of rotatable bonds is 1. The van der Waals surface area contributed by atoms with Gasteiger partial charge in [-0.15, -0.1) is 0 Å². The Balaban J connectivity index is 0.000000531. The summed E-state index contributed by atoms with van der Waals surface area (Å²) >= 11 is 0. The summed E-state index contributed by atoms with van der Waals surface area (Å²) in [6.45, 7) is 5.73. The topological polar surface area (TPSA) is 20.3 Å². The van der Waals surface area contributed by atoms with Crippen LogP contribution in [0.3, 0.4) is 0 Å². The summed E-state index contributed by atoms with van der Waals surface area (Å²) < 4.78 is 0. The van der Waals surface area contributed by atoms with E-state index in [0.717, 1.165) is 12.3 Å². The summed E-state index contributed by atoms with van der Waals surface area (Å²) in [6, 6.07) is 0.941. The molecule has 15 heavy (non-hydrogen) atoms. The summed E-state index contributed by atoms with van der Waals surface area (Å²) in [5.74, 6) is 1.17. The average molecular weight is 211 g/mol. The minimum Gasteiger partial charge on any atom is -0.298 e. The van der Waals surface area contributed by atoms with Crippen LogP contribution in [0.2, 0.25) is 0 Å². The number of fused-ring (bicyclic) bond motifs is 1. The van der Waals surface area contributed by atoms with Crippen LogP contribution in [0, 0.1) is 5.92 Å². The zero-order valence-corrected chi connectivity index (χ0v) is 10.6. The lowest BCUT2D eigenvalue weighted by atomic mass is 9.84. The fourth-order valence-electron chi connectivity index (χ4n) is 3.14. The highest BCUT2D eigenvalue weighted by Crippen LogP contribution is 2.38. The number of hydrogen-bond acceptors (Lipinski definition) is 2. The first-order chi connectivity index (χ1) is 7.20. The van der Waals surface area contributed by atoms with Crippen LogP contribution in [0.25, 0.3) is 0 Å². The van der Waals surface area contributed by atoms with Gasteiger partial charge in [0.25, 0.3) is 0 Å². The normalized spacial score (nSPS) is 35.3. The number of carbonyl (C=O) groups is 1.